The van der Waals surface area contributed by atoms with Crippen LogP contribution in [0.3, 0.4) is 0 Å². The summed E-state index contributed by atoms with van der Waals surface area (Å²) in [5.74, 6) is 2.15. The maximum Gasteiger partial charge on any atom is 0.203 e. The fourth-order valence-electron chi connectivity index (χ4n) is 3.41. The first-order valence-corrected chi connectivity index (χ1v) is 6.88. The molecule has 0 radical (unpaired) electrons. The third-order valence-corrected chi connectivity index (χ3v) is 4.36. The Bertz CT molecular complexity index is 481. The predicted octanol–water partition coefficient (Wildman–Crippen LogP) is 2.80. The van der Waals surface area contributed by atoms with Crippen molar-refractivity contribution in [2.75, 3.05) is 14.2 Å². The molecular formula is C15H21NO3. The fraction of sp³-hybridized carbons (Fsp3) is 0.600. The molecule has 1 aromatic rings. The lowest BCUT2D eigenvalue weighted by Gasteiger charge is -2.39. The molecule has 104 valence electrons. The third kappa shape index (κ3) is 1.94. The second-order valence-corrected chi connectivity index (χ2v) is 5.52. The highest BCUT2D eigenvalue weighted by molar-refractivity contribution is 5.57. The molecule has 2 aliphatic rings. The third-order valence-electron chi connectivity index (χ3n) is 4.36. The van der Waals surface area contributed by atoms with Crippen molar-refractivity contribution >= 4 is 0 Å². The van der Waals surface area contributed by atoms with Crippen molar-refractivity contribution in [1.29, 1.82) is 0 Å². The molecule has 1 unspecified atom stereocenters. The molecule has 2 N–H and O–H groups in total. The summed E-state index contributed by atoms with van der Waals surface area (Å²) in [5, 5.41) is 0. The molecule has 1 aromatic carbocycles. The first kappa shape index (κ1) is 12.6. The molecule has 0 aromatic heterocycles. The van der Waals surface area contributed by atoms with E-state index in [-0.39, 0.29) is 11.6 Å². The largest absolute Gasteiger partial charge is 0.493 e. The van der Waals surface area contributed by atoms with Gasteiger partial charge in [0.05, 0.1) is 14.2 Å². The molecule has 4 heteroatoms. The van der Waals surface area contributed by atoms with Crippen LogP contribution in [-0.4, -0.2) is 19.8 Å². The van der Waals surface area contributed by atoms with E-state index in [1.807, 2.05) is 12.1 Å². The molecule has 4 nitrogen and oxygen atoms in total. The number of rotatable bonds is 2. The highest BCUT2D eigenvalue weighted by Crippen LogP contribution is 2.52. The summed E-state index contributed by atoms with van der Waals surface area (Å²) in [7, 11) is 3.28. The van der Waals surface area contributed by atoms with E-state index >= 15 is 0 Å². The van der Waals surface area contributed by atoms with Gasteiger partial charge < -0.3 is 19.9 Å². The minimum absolute atomic E-state index is 0.0154. The highest BCUT2D eigenvalue weighted by Gasteiger charge is 2.43. The molecule has 0 saturated heterocycles. The van der Waals surface area contributed by atoms with Crippen molar-refractivity contribution < 1.29 is 14.2 Å². The van der Waals surface area contributed by atoms with Crippen LogP contribution in [0.5, 0.6) is 17.2 Å². The van der Waals surface area contributed by atoms with Gasteiger partial charge in [0.1, 0.15) is 5.60 Å². The van der Waals surface area contributed by atoms with Gasteiger partial charge in [-0.2, -0.15) is 0 Å². The lowest BCUT2D eigenvalue weighted by Crippen LogP contribution is -2.40. The van der Waals surface area contributed by atoms with Crippen LogP contribution in [0, 0.1) is 0 Å². The zero-order valence-electron chi connectivity index (χ0n) is 11.6. The molecule has 19 heavy (non-hydrogen) atoms. The van der Waals surface area contributed by atoms with E-state index in [0.29, 0.717) is 11.5 Å². The van der Waals surface area contributed by atoms with Gasteiger partial charge in [0.25, 0.3) is 0 Å². The molecule has 1 fully saturated rings. The smallest absolute Gasteiger partial charge is 0.203 e. The minimum Gasteiger partial charge on any atom is -0.493 e. The minimum atomic E-state index is -0.0912. The molecule has 1 aliphatic carbocycles. The average Bonchev–Trinajstić information content (AvgIpc) is 2.85. The number of fused-ring (bicyclic) bond motifs is 1. The van der Waals surface area contributed by atoms with Crippen LogP contribution < -0.4 is 19.9 Å². The molecule has 1 saturated carbocycles. The molecule has 1 spiro atoms. The van der Waals surface area contributed by atoms with E-state index < -0.39 is 0 Å². The first-order valence-electron chi connectivity index (χ1n) is 6.88. The zero-order chi connectivity index (χ0) is 13.5. The lowest BCUT2D eigenvalue weighted by atomic mass is 9.86. The quantitative estimate of drug-likeness (QED) is 0.891. The predicted molar refractivity (Wildman–Crippen MR) is 72.9 cm³/mol. The monoisotopic (exact) mass is 263 g/mol. The number of hydrogen-bond acceptors (Lipinski definition) is 4. The summed E-state index contributed by atoms with van der Waals surface area (Å²) in [5.41, 5.74) is 7.27. The Balaban J connectivity index is 2.07. The number of methoxy groups -OCH3 is 2. The maximum atomic E-state index is 6.34. The van der Waals surface area contributed by atoms with Gasteiger partial charge in [0.2, 0.25) is 5.75 Å². The normalized spacial score (nSPS) is 23.8. The SMILES string of the molecule is COc1ccc2c(c1OC)OC1(CCCC1)CC2N. The van der Waals surface area contributed by atoms with E-state index in [0.717, 1.165) is 30.6 Å². The van der Waals surface area contributed by atoms with Crippen LogP contribution in [0.15, 0.2) is 12.1 Å². The van der Waals surface area contributed by atoms with Crippen LogP contribution in [0.4, 0.5) is 0 Å². The van der Waals surface area contributed by atoms with Gasteiger partial charge in [0.15, 0.2) is 11.5 Å². The number of hydrogen-bond donors (Lipinski definition) is 1. The molecule has 3 rings (SSSR count). The molecule has 1 heterocycles. The van der Waals surface area contributed by atoms with Crippen molar-refractivity contribution in [3.63, 3.8) is 0 Å². The van der Waals surface area contributed by atoms with Crippen LogP contribution in [-0.2, 0) is 0 Å². The van der Waals surface area contributed by atoms with Crippen molar-refractivity contribution in [2.24, 2.45) is 5.73 Å². The Morgan fingerprint density at radius 2 is 1.95 bits per heavy atom. The van der Waals surface area contributed by atoms with E-state index in [4.69, 9.17) is 19.9 Å². The number of nitrogens with two attached hydrogens (primary N) is 1. The molecule has 0 amide bonds. The molecule has 1 atom stereocenters. The second-order valence-electron chi connectivity index (χ2n) is 5.52. The van der Waals surface area contributed by atoms with E-state index in [1.165, 1.54) is 12.8 Å². The van der Waals surface area contributed by atoms with Gasteiger partial charge in [-0.25, -0.2) is 0 Å². The summed E-state index contributed by atoms with van der Waals surface area (Å²) in [6.45, 7) is 0. The number of ether oxygens (including phenoxy) is 3. The Labute approximate surface area is 113 Å². The van der Waals surface area contributed by atoms with E-state index in [2.05, 4.69) is 0 Å². The van der Waals surface area contributed by atoms with E-state index in [9.17, 15) is 0 Å². The van der Waals surface area contributed by atoms with Crippen molar-refractivity contribution in [1.82, 2.24) is 0 Å². The van der Waals surface area contributed by atoms with Gasteiger partial charge in [-0.1, -0.05) is 0 Å². The van der Waals surface area contributed by atoms with Crippen LogP contribution in [0.1, 0.15) is 43.7 Å². The molecule has 0 bridgehead atoms. The topological polar surface area (TPSA) is 53.7 Å². The summed E-state index contributed by atoms with van der Waals surface area (Å²) in [4.78, 5) is 0. The summed E-state index contributed by atoms with van der Waals surface area (Å²) in [6, 6.07) is 3.90. The Morgan fingerprint density at radius 1 is 1.21 bits per heavy atom. The van der Waals surface area contributed by atoms with Crippen LogP contribution >= 0.6 is 0 Å². The van der Waals surface area contributed by atoms with Crippen molar-refractivity contribution in [3.8, 4) is 17.2 Å². The fourth-order valence-corrected chi connectivity index (χ4v) is 3.41. The maximum absolute atomic E-state index is 6.34. The van der Waals surface area contributed by atoms with Gasteiger partial charge >= 0.3 is 0 Å². The van der Waals surface area contributed by atoms with E-state index in [1.54, 1.807) is 14.2 Å². The van der Waals surface area contributed by atoms with Gasteiger partial charge in [0, 0.05) is 18.0 Å². The summed E-state index contributed by atoms with van der Waals surface area (Å²) >= 11 is 0. The Kier molecular flexibility index (Phi) is 3.05. The standard InChI is InChI=1S/C15H21NO3/c1-17-12-6-5-10-11(16)9-15(7-3-4-8-15)19-13(10)14(12)18-2/h5-6,11H,3-4,7-9,16H2,1-2H3. The Morgan fingerprint density at radius 3 is 2.58 bits per heavy atom. The summed E-state index contributed by atoms with van der Waals surface area (Å²) in [6.07, 6.45) is 5.50. The Hall–Kier alpha value is -1.42. The molecule has 1 aliphatic heterocycles. The highest BCUT2D eigenvalue weighted by atomic mass is 16.5. The summed E-state index contributed by atoms with van der Waals surface area (Å²) < 4.78 is 17.2. The zero-order valence-corrected chi connectivity index (χ0v) is 11.6. The van der Waals surface area contributed by atoms with Crippen molar-refractivity contribution in [2.45, 2.75) is 43.7 Å². The van der Waals surface area contributed by atoms with Gasteiger partial charge in [-0.3, -0.25) is 0 Å². The van der Waals surface area contributed by atoms with Gasteiger partial charge in [-0.05, 0) is 37.8 Å². The average molecular weight is 263 g/mol. The lowest BCUT2D eigenvalue weighted by molar-refractivity contribution is 0.0390. The number of benzene rings is 1. The second kappa shape index (κ2) is 4.60. The van der Waals surface area contributed by atoms with Crippen LogP contribution in [0.2, 0.25) is 0 Å². The van der Waals surface area contributed by atoms with Crippen LogP contribution in [0.25, 0.3) is 0 Å². The van der Waals surface area contributed by atoms with Crippen molar-refractivity contribution in [3.05, 3.63) is 17.7 Å². The molecular weight excluding hydrogens is 242 g/mol. The first-order chi connectivity index (χ1) is 9.19. The van der Waals surface area contributed by atoms with Gasteiger partial charge in [-0.15, -0.1) is 0 Å².